The predicted molar refractivity (Wildman–Crippen MR) is 53.7 cm³/mol. The molecule has 0 amide bonds. The standard InChI is InChI=1S/C12H13NO/c1-9-2-4-10(5-3-9)12(8-13)6-11(12)7-14/h2-5,11,14H,6-7H2,1H3/t11?,12-/m1/s1. The van der Waals surface area contributed by atoms with Gasteiger partial charge in [0.05, 0.1) is 11.5 Å². The Kier molecular flexibility index (Phi) is 2.05. The maximum atomic E-state index is 9.12. The molecule has 0 radical (unpaired) electrons. The van der Waals surface area contributed by atoms with Gasteiger partial charge in [0, 0.05) is 12.5 Å². The van der Waals surface area contributed by atoms with Crippen molar-refractivity contribution in [3.05, 3.63) is 35.4 Å². The minimum Gasteiger partial charge on any atom is -0.396 e. The lowest BCUT2D eigenvalue weighted by Gasteiger charge is -2.08. The van der Waals surface area contributed by atoms with Crippen LogP contribution in [0.5, 0.6) is 0 Å². The molecule has 0 spiro atoms. The maximum Gasteiger partial charge on any atom is 0.0877 e. The summed E-state index contributed by atoms with van der Waals surface area (Å²) in [6.07, 6.45) is 0.795. The van der Waals surface area contributed by atoms with E-state index in [0.717, 1.165) is 12.0 Å². The number of aliphatic hydroxyl groups excluding tert-OH is 1. The molecule has 2 nitrogen and oxygen atoms in total. The summed E-state index contributed by atoms with van der Waals surface area (Å²) in [6.45, 7) is 2.14. The summed E-state index contributed by atoms with van der Waals surface area (Å²) in [6, 6.07) is 10.3. The monoisotopic (exact) mass is 187 g/mol. The van der Waals surface area contributed by atoms with Crippen molar-refractivity contribution in [1.82, 2.24) is 0 Å². The lowest BCUT2D eigenvalue weighted by atomic mass is 9.94. The van der Waals surface area contributed by atoms with E-state index >= 15 is 0 Å². The molecule has 1 aromatic rings. The molecule has 2 rings (SSSR count). The fraction of sp³-hybridized carbons (Fsp3) is 0.417. The molecule has 1 unspecified atom stereocenters. The van der Waals surface area contributed by atoms with Crippen LogP contribution in [0.4, 0.5) is 0 Å². The molecule has 2 atom stereocenters. The summed E-state index contributed by atoms with van der Waals surface area (Å²) in [5.74, 6) is 0.134. The van der Waals surface area contributed by atoms with E-state index in [1.165, 1.54) is 5.56 Å². The number of aliphatic hydroxyl groups is 1. The Hall–Kier alpha value is -1.33. The molecule has 2 heteroatoms. The van der Waals surface area contributed by atoms with Crippen LogP contribution < -0.4 is 0 Å². The molecule has 1 aliphatic carbocycles. The first-order chi connectivity index (χ1) is 6.73. The van der Waals surface area contributed by atoms with Crippen LogP contribution in [0.1, 0.15) is 17.5 Å². The molecule has 1 saturated carbocycles. The second-order valence-corrected chi connectivity index (χ2v) is 4.03. The van der Waals surface area contributed by atoms with Gasteiger partial charge in [0.2, 0.25) is 0 Å². The molecule has 0 aliphatic heterocycles. The van der Waals surface area contributed by atoms with Crippen LogP contribution in [0.2, 0.25) is 0 Å². The van der Waals surface area contributed by atoms with Gasteiger partial charge in [-0.1, -0.05) is 29.8 Å². The third-order valence-electron chi connectivity index (χ3n) is 3.09. The van der Waals surface area contributed by atoms with Crippen molar-refractivity contribution in [2.75, 3.05) is 6.61 Å². The van der Waals surface area contributed by atoms with E-state index in [0.29, 0.717) is 0 Å². The van der Waals surface area contributed by atoms with E-state index < -0.39 is 5.41 Å². The second kappa shape index (κ2) is 3.11. The minimum atomic E-state index is -0.400. The predicted octanol–water partition coefficient (Wildman–Crippen LogP) is 1.77. The highest BCUT2D eigenvalue weighted by Gasteiger charge is 2.55. The van der Waals surface area contributed by atoms with Gasteiger partial charge >= 0.3 is 0 Å². The van der Waals surface area contributed by atoms with Gasteiger partial charge in [-0.15, -0.1) is 0 Å². The van der Waals surface area contributed by atoms with Crippen LogP contribution in [0, 0.1) is 24.2 Å². The zero-order chi connectivity index (χ0) is 10.2. The Balaban J connectivity index is 2.32. The summed E-state index contributed by atoms with van der Waals surface area (Å²) in [5.41, 5.74) is 1.84. The van der Waals surface area contributed by atoms with E-state index in [9.17, 15) is 0 Å². The van der Waals surface area contributed by atoms with Crippen molar-refractivity contribution >= 4 is 0 Å². The number of benzene rings is 1. The van der Waals surface area contributed by atoms with Crippen LogP contribution >= 0.6 is 0 Å². The highest BCUT2D eigenvalue weighted by Crippen LogP contribution is 2.53. The van der Waals surface area contributed by atoms with Crippen LogP contribution in [0.25, 0.3) is 0 Å². The Morgan fingerprint density at radius 1 is 1.50 bits per heavy atom. The molecule has 1 N–H and O–H groups in total. The summed E-state index contributed by atoms with van der Waals surface area (Å²) in [5, 5.41) is 18.2. The number of aryl methyl sites for hydroxylation is 1. The first-order valence-electron chi connectivity index (χ1n) is 4.82. The lowest BCUT2D eigenvalue weighted by molar-refractivity contribution is 0.269. The van der Waals surface area contributed by atoms with Crippen LogP contribution in [-0.4, -0.2) is 11.7 Å². The van der Waals surface area contributed by atoms with Crippen molar-refractivity contribution < 1.29 is 5.11 Å². The Bertz CT molecular complexity index is 376. The van der Waals surface area contributed by atoms with Crippen molar-refractivity contribution in [2.24, 2.45) is 5.92 Å². The van der Waals surface area contributed by atoms with E-state index in [4.69, 9.17) is 10.4 Å². The first-order valence-corrected chi connectivity index (χ1v) is 4.82. The van der Waals surface area contributed by atoms with Crippen LogP contribution in [0.3, 0.4) is 0 Å². The van der Waals surface area contributed by atoms with Gasteiger partial charge in [0.25, 0.3) is 0 Å². The quantitative estimate of drug-likeness (QED) is 0.766. The minimum absolute atomic E-state index is 0.113. The van der Waals surface area contributed by atoms with Crippen molar-refractivity contribution in [3.8, 4) is 6.07 Å². The first kappa shape index (κ1) is 9.23. The SMILES string of the molecule is Cc1ccc([C@]2(C#N)CC2CO)cc1. The highest BCUT2D eigenvalue weighted by atomic mass is 16.3. The number of nitrogens with zero attached hydrogens (tertiary/aromatic N) is 1. The molecular formula is C12H13NO. The van der Waals surface area contributed by atoms with E-state index in [2.05, 4.69) is 6.07 Å². The molecule has 1 aliphatic rings. The molecule has 0 bridgehead atoms. The Labute approximate surface area is 83.8 Å². The number of nitriles is 1. The highest BCUT2D eigenvalue weighted by molar-refractivity contribution is 5.42. The smallest absolute Gasteiger partial charge is 0.0877 e. The maximum absolute atomic E-state index is 9.12. The zero-order valence-corrected chi connectivity index (χ0v) is 8.20. The van der Waals surface area contributed by atoms with Gasteiger partial charge < -0.3 is 5.11 Å². The molecule has 0 aromatic heterocycles. The molecule has 0 heterocycles. The molecule has 0 saturated heterocycles. The number of rotatable bonds is 2. The van der Waals surface area contributed by atoms with Gasteiger partial charge in [-0.25, -0.2) is 0 Å². The Morgan fingerprint density at radius 3 is 2.57 bits per heavy atom. The zero-order valence-electron chi connectivity index (χ0n) is 8.20. The van der Waals surface area contributed by atoms with Crippen molar-refractivity contribution in [2.45, 2.75) is 18.8 Å². The van der Waals surface area contributed by atoms with E-state index in [1.807, 2.05) is 31.2 Å². The summed E-state index contributed by atoms with van der Waals surface area (Å²) in [4.78, 5) is 0. The fourth-order valence-electron chi connectivity index (χ4n) is 1.96. The molecular weight excluding hydrogens is 174 g/mol. The van der Waals surface area contributed by atoms with Gasteiger partial charge in [0.1, 0.15) is 0 Å². The van der Waals surface area contributed by atoms with Crippen molar-refractivity contribution in [3.63, 3.8) is 0 Å². The second-order valence-electron chi connectivity index (χ2n) is 4.03. The summed E-state index contributed by atoms with van der Waals surface area (Å²) >= 11 is 0. The van der Waals surface area contributed by atoms with Gasteiger partial charge in [-0.3, -0.25) is 0 Å². The summed E-state index contributed by atoms with van der Waals surface area (Å²) in [7, 11) is 0. The fourth-order valence-corrected chi connectivity index (χ4v) is 1.96. The molecule has 1 fully saturated rings. The number of hydrogen-bond donors (Lipinski definition) is 1. The van der Waals surface area contributed by atoms with Gasteiger partial charge in [0.15, 0.2) is 0 Å². The number of hydrogen-bond acceptors (Lipinski definition) is 2. The van der Waals surface area contributed by atoms with E-state index in [-0.39, 0.29) is 12.5 Å². The molecule has 72 valence electrons. The third-order valence-corrected chi connectivity index (χ3v) is 3.09. The largest absolute Gasteiger partial charge is 0.396 e. The summed E-state index contributed by atoms with van der Waals surface area (Å²) < 4.78 is 0. The average Bonchev–Trinajstić information content (AvgIpc) is 2.94. The van der Waals surface area contributed by atoms with Gasteiger partial charge in [-0.2, -0.15) is 5.26 Å². The Morgan fingerprint density at radius 2 is 2.14 bits per heavy atom. The molecule has 1 aromatic carbocycles. The van der Waals surface area contributed by atoms with Crippen molar-refractivity contribution in [1.29, 1.82) is 5.26 Å². The normalized spacial score (nSPS) is 29.6. The van der Waals surface area contributed by atoms with Crippen LogP contribution in [-0.2, 0) is 5.41 Å². The topological polar surface area (TPSA) is 44.0 Å². The molecule has 14 heavy (non-hydrogen) atoms. The lowest BCUT2D eigenvalue weighted by Crippen LogP contribution is -2.08. The third kappa shape index (κ3) is 1.21. The average molecular weight is 187 g/mol. The van der Waals surface area contributed by atoms with E-state index in [1.54, 1.807) is 0 Å². The van der Waals surface area contributed by atoms with Crippen LogP contribution in [0.15, 0.2) is 24.3 Å². The van der Waals surface area contributed by atoms with Gasteiger partial charge in [-0.05, 0) is 18.9 Å².